The molecule has 21 heavy (non-hydrogen) atoms. The molecular formula is C16H16N2O2S. The maximum atomic E-state index is 12.8. The maximum absolute atomic E-state index is 12.8. The predicted octanol–water partition coefficient (Wildman–Crippen LogP) is 3.04. The van der Waals surface area contributed by atoms with E-state index in [1.54, 1.807) is 11.8 Å². The Morgan fingerprint density at radius 3 is 2.81 bits per heavy atom. The number of anilines is 1. The van der Waals surface area contributed by atoms with Crippen LogP contribution in [-0.2, 0) is 11.3 Å². The van der Waals surface area contributed by atoms with E-state index in [0.717, 1.165) is 16.8 Å². The highest BCUT2D eigenvalue weighted by Gasteiger charge is 2.31. The number of fused-ring (bicyclic) bond motifs is 1. The first kappa shape index (κ1) is 13.8. The van der Waals surface area contributed by atoms with Gasteiger partial charge in [-0.05, 0) is 36.4 Å². The summed E-state index contributed by atoms with van der Waals surface area (Å²) in [7, 11) is 0. The monoisotopic (exact) mass is 300 g/mol. The number of hydrogen-bond acceptors (Lipinski definition) is 3. The molecule has 0 saturated carbocycles. The van der Waals surface area contributed by atoms with Crippen molar-refractivity contribution in [3.8, 4) is 0 Å². The molecule has 0 fully saturated rings. The summed E-state index contributed by atoms with van der Waals surface area (Å²) in [5.41, 5.74) is 3.37. The number of aryl methyl sites for hydroxylation is 1. The molecular weight excluding hydrogens is 284 g/mol. The molecule has 1 aliphatic heterocycles. The first-order chi connectivity index (χ1) is 10.1. The fourth-order valence-electron chi connectivity index (χ4n) is 2.46. The van der Waals surface area contributed by atoms with Crippen LogP contribution in [0.25, 0.3) is 0 Å². The second kappa shape index (κ2) is 5.33. The molecule has 1 unspecified atom stereocenters. The minimum atomic E-state index is -0.496. The highest BCUT2D eigenvalue weighted by atomic mass is 32.1. The number of rotatable bonds is 1. The van der Waals surface area contributed by atoms with Crippen LogP contribution in [0.2, 0.25) is 0 Å². The first-order valence-electron chi connectivity index (χ1n) is 6.80. The highest BCUT2D eigenvalue weighted by Crippen LogP contribution is 2.25. The van der Waals surface area contributed by atoms with E-state index in [2.05, 4.69) is 5.32 Å². The Kier molecular flexibility index (Phi) is 3.51. The number of amides is 2. The lowest BCUT2D eigenvalue weighted by molar-refractivity contribution is -0.119. The molecule has 0 bridgehead atoms. The Morgan fingerprint density at radius 1 is 1.33 bits per heavy atom. The van der Waals surface area contributed by atoms with E-state index >= 15 is 0 Å². The number of thiophene rings is 1. The lowest BCUT2D eigenvalue weighted by atomic mass is 10.1. The third-order valence-electron chi connectivity index (χ3n) is 3.81. The fourth-order valence-corrected chi connectivity index (χ4v) is 3.28. The number of nitrogens with zero attached hydrogens (tertiary/aromatic N) is 1. The number of carbonyl (C=O) groups excluding carboxylic acids is 2. The Balaban J connectivity index is 2.00. The molecule has 0 radical (unpaired) electrons. The summed E-state index contributed by atoms with van der Waals surface area (Å²) < 4.78 is 0. The molecule has 3 rings (SSSR count). The van der Waals surface area contributed by atoms with Gasteiger partial charge >= 0.3 is 0 Å². The van der Waals surface area contributed by atoms with E-state index in [9.17, 15) is 9.59 Å². The zero-order valence-electron chi connectivity index (χ0n) is 11.9. The van der Waals surface area contributed by atoms with Gasteiger partial charge in [0, 0.05) is 17.6 Å². The van der Waals surface area contributed by atoms with Crippen LogP contribution in [-0.4, -0.2) is 22.8 Å². The minimum Gasteiger partial charge on any atom is -0.324 e. The van der Waals surface area contributed by atoms with Crippen LogP contribution in [0.15, 0.2) is 35.0 Å². The van der Waals surface area contributed by atoms with Gasteiger partial charge in [-0.1, -0.05) is 18.2 Å². The average molecular weight is 300 g/mol. The molecule has 0 aliphatic carbocycles. The fraction of sp³-hybridized carbons (Fsp3) is 0.250. The molecule has 1 aromatic heterocycles. The van der Waals surface area contributed by atoms with E-state index in [-0.39, 0.29) is 11.8 Å². The summed E-state index contributed by atoms with van der Waals surface area (Å²) in [6.07, 6.45) is 0. The van der Waals surface area contributed by atoms with Crippen LogP contribution in [0, 0.1) is 6.92 Å². The number of carbonyl (C=O) groups is 2. The Bertz CT molecular complexity index is 708. The smallest absolute Gasteiger partial charge is 0.255 e. The zero-order valence-corrected chi connectivity index (χ0v) is 12.7. The van der Waals surface area contributed by atoms with Gasteiger partial charge in [0.2, 0.25) is 5.91 Å². The van der Waals surface area contributed by atoms with Crippen LogP contribution in [0.1, 0.15) is 28.4 Å². The normalized spacial score (nSPS) is 17.9. The van der Waals surface area contributed by atoms with Crippen LogP contribution >= 0.6 is 11.3 Å². The molecule has 5 heteroatoms. The lowest BCUT2D eigenvalue weighted by Crippen LogP contribution is -2.43. The Morgan fingerprint density at radius 2 is 2.10 bits per heavy atom. The molecule has 2 aromatic rings. The average Bonchev–Trinajstić information content (AvgIpc) is 2.85. The van der Waals surface area contributed by atoms with Gasteiger partial charge in [0.25, 0.3) is 5.91 Å². The summed E-state index contributed by atoms with van der Waals surface area (Å²) >= 11 is 1.50. The summed E-state index contributed by atoms with van der Waals surface area (Å²) in [6, 6.07) is 7.10. The van der Waals surface area contributed by atoms with E-state index in [0.29, 0.717) is 12.1 Å². The molecule has 2 amide bonds. The first-order valence-corrected chi connectivity index (χ1v) is 7.74. The van der Waals surface area contributed by atoms with E-state index in [1.807, 2.05) is 41.9 Å². The van der Waals surface area contributed by atoms with Gasteiger partial charge in [0.1, 0.15) is 6.04 Å². The Hall–Kier alpha value is -2.14. The van der Waals surface area contributed by atoms with Crippen molar-refractivity contribution < 1.29 is 9.59 Å². The summed E-state index contributed by atoms with van der Waals surface area (Å²) in [5, 5.41) is 6.68. The quantitative estimate of drug-likeness (QED) is 0.880. The Labute approximate surface area is 127 Å². The molecule has 0 saturated heterocycles. The maximum Gasteiger partial charge on any atom is 0.255 e. The number of nitrogens with one attached hydrogen (secondary N) is 1. The second-order valence-electron chi connectivity index (χ2n) is 5.22. The van der Waals surface area contributed by atoms with Gasteiger partial charge in [-0.2, -0.15) is 11.3 Å². The van der Waals surface area contributed by atoms with Crippen molar-refractivity contribution in [1.29, 1.82) is 0 Å². The third kappa shape index (κ3) is 2.45. The van der Waals surface area contributed by atoms with Crippen molar-refractivity contribution in [1.82, 2.24) is 4.90 Å². The number of hydrogen-bond donors (Lipinski definition) is 1. The van der Waals surface area contributed by atoms with Crippen LogP contribution < -0.4 is 5.32 Å². The largest absolute Gasteiger partial charge is 0.324 e. The number of benzene rings is 1. The summed E-state index contributed by atoms with van der Waals surface area (Å²) in [6.45, 7) is 4.12. The summed E-state index contributed by atoms with van der Waals surface area (Å²) in [5.74, 6) is -0.241. The van der Waals surface area contributed by atoms with E-state index in [1.165, 1.54) is 11.3 Å². The predicted molar refractivity (Wildman–Crippen MR) is 83.5 cm³/mol. The molecule has 0 spiro atoms. The molecule has 1 aliphatic rings. The van der Waals surface area contributed by atoms with Crippen LogP contribution in [0.5, 0.6) is 0 Å². The van der Waals surface area contributed by atoms with Crippen molar-refractivity contribution in [2.24, 2.45) is 0 Å². The van der Waals surface area contributed by atoms with Crippen molar-refractivity contribution in [3.05, 3.63) is 51.7 Å². The van der Waals surface area contributed by atoms with Crippen LogP contribution in [0.3, 0.4) is 0 Å². The van der Waals surface area contributed by atoms with E-state index in [4.69, 9.17) is 0 Å². The van der Waals surface area contributed by atoms with Gasteiger partial charge in [-0.3, -0.25) is 9.59 Å². The van der Waals surface area contributed by atoms with Crippen molar-refractivity contribution in [3.63, 3.8) is 0 Å². The van der Waals surface area contributed by atoms with Crippen molar-refractivity contribution >= 4 is 28.8 Å². The standard InChI is InChI=1S/C16H16N2O2S/c1-10-8-21-9-13(10)16(20)18-7-12-5-3-4-6-14(12)17-15(19)11(18)2/h3-6,8-9,11H,7H2,1-2H3,(H,17,19). The third-order valence-corrected chi connectivity index (χ3v) is 4.67. The number of para-hydroxylation sites is 1. The van der Waals surface area contributed by atoms with Gasteiger partial charge in [-0.25, -0.2) is 0 Å². The van der Waals surface area contributed by atoms with Gasteiger partial charge < -0.3 is 10.2 Å². The second-order valence-corrected chi connectivity index (χ2v) is 5.97. The SMILES string of the molecule is Cc1cscc1C(=O)N1Cc2ccccc2NC(=O)C1C. The zero-order chi connectivity index (χ0) is 15.0. The lowest BCUT2D eigenvalue weighted by Gasteiger charge is -2.25. The van der Waals surface area contributed by atoms with Crippen molar-refractivity contribution in [2.45, 2.75) is 26.4 Å². The summed E-state index contributed by atoms with van der Waals surface area (Å²) in [4.78, 5) is 26.6. The minimum absolute atomic E-state index is 0.0897. The molecule has 1 aromatic carbocycles. The molecule has 4 nitrogen and oxygen atoms in total. The van der Waals surface area contributed by atoms with E-state index < -0.39 is 6.04 Å². The molecule has 2 heterocycles. The molecule has 1 N–H and O–H groups in total. The van der Waals surface area contributed by atoms with Gasteiger partial charge in [0.05, 0.1) is 5.56 Å². The van der Waals surface area contributed by atoms with Gasteiger partial charge in [-0.15, -0.1) is 0 Å². The van der Waals surface area contributed by atoms with Crippen molar-refractivity contribution in [2.75, 3.05) is 5.32 Å². The van der Waals surface area contributed by atoms with Gasteiger partial charge in [0.15, 0.2) is 0 Å². The highest BCUT2D eigenvalue weighted by molar-refractivity contribution is 7.08. The topological polar surface area (TPSA) is 49.4 Å². The molecule has 1 atom stereocenters. The van der Waals surface area contributed by atoms with Crippen LogP contribution in [0.4, 0.5) is 5.69 Å². The molecule has 108 valence electrons.